The molecule has 124 valence electrons. The van der Waals surface area contributed by atoms with E-state index in [1.54, 1.807) is 0 Å². The maximum Gasteiger partial charge on any atom is 0.158 e. The van der Waals surface area contributed by atoms with Gasteiger partial charge in [0.2, 0.25) is 0 Å². The van der Waals surface area contributed by atoms with Gasteiger partial charge in [0.15, 0.2) is 5.78 Å². The van der Waals surface area contributed by atoms with Crippen molar-refractivity contribution in [2.24, 2.45) is 35.5 Å². The standard InChI is InChI=1S/C21H28O2/c1-3-13-11-18-14(12-20(13)22)5-6-15-16(18)7-8-19-17(15)9-10-21(19,23)4-2/h2,12-13,15-19,23H,3,5-11H2,1H3/t13?,15-,16+,17+,18+,19+,21+/m1/s1. The van der Waals surface area contributed by atoms with E-state index in [0.29, 0.717) is 29.5 Å². The van der Waals surface area contributed by atoms with Gasteiger partial charge in [0.05, 0.1) is 0 Å². The first kappa shape index (κ1) is 15.5. The fourth-order valence-electron chi connectivity index (χ4n) is 6.49. The van der Waals surface area contributed by atoms with Gasteiger partial charge in [0.25, 0.3) is 0 Å². The summed E-state index contributed by atoms with van der Waals surface area (Å²) >= 11 is 0. The number of allylic oxidation sites excluding steroid dienone is 1. The molecule has 0 heterocycles. The first-order chi connectivity index (χ1) is 11.1. The van der Waals surface area contributed by atoms with Gasteiger partial charge in [-0.2, -0.15) is 0 Å². The smallest absolute Gasteiger partial charge is 0.158 e. The van der Waals surface area contributed by atoms with E-state index in [1.165, 1.54) is 18.4 Å². The topological polar surface area (TPSA) is 37.3 Å². The summed E-state index contributed by atoms with van der Waals surface area (Å²) in [7, 11) is 0. The molecule has 0 saturated heterocycles. The number of carbonyl (C=O) groups excluding carboxylic acids is 1. The molecule has 2 nitrogen and oxygen atoms in total. The average molecular weight is 312 g/mol. The Balaban J connectivity index is 1.60. The zero-order valence-corrected chi connectivity index (χ0v) is 14.1. The highest BCUT2D eigenvalue weighted by Gasteiger charge is 2.55. The molecule has 1 unspecified atom stereocenters. The van der Waals surface area contributed by atoms with Gasteiger partial charge >= 0.3 is 0 Å². The van der Waals surface area contributed by atoms with E-state index in [-0.39, 0.29) is 5.92 Å². The van der Waals surface area contributed by atoms with Gasteiger partial charge in [-0.25, -0.2) is 0 Å². The molecule has 23 heavy (non-hydrogen) atoms. The summed E-state index contributed by atoms with van der Waals surface area (Å²) in [5, 5.41) is 10.7. The van der Waals surface area contributed by atoms with Crippen molar-refractivity contribution in [2.75, 3.05) is 0 Å². The molecule has 4 rings (SSSR count). The Morgan fingerprint density at radius 3 is 2.83 bits per heavy atom. The number of fused-ring (bicyclic) bond motifs is 5. The molecule has 0 aromatic rings. The predicted octanol–water partition coefficient (Wildman–Crippen LogP) is 3.74. The van der Waals surface area contributed by atoms with Crippen molar-refractivity contribution >= 4 is 5.78 Å². The highest BCUT2D eigenvalue weighted by atomic mass is 16.3. The van der Waals surface area contributed by atoms with Crippen LogP contribution in [0.3, 0.4) is 0 Å². The van der Waals surface area contributed by atoms with E-state index in [9.17, 15) is 9.90 Å². The lowest BCUT2D eigenvalue weighted by atomic mass is 9.54. The van der Waals surface area contributed by atoms with Crippen molar-refractivity contribution in [3.63, 3.8) is 0 Å². The Hall–Kier alpha value is -1.07. The lowest BCUT2D eigenvalue weighted by molar-refractivity contribution is -0.120. The second-order valence-electron chi connectivity index (χ2n) is 8.39. The van der Waals surface area contributed by atoms with Crippen LogP contribution in [0.5, 0.6) is 0 Å². The van der Waals surface area contributed by atoms with Crippen LogP contribution in [0.4, 0.5) is 0 Å². The molecule has 0 bridgehead atoms. The number of rotatable bonds is 1. The van der Waals surface area contributed by atoms with Crippen LogP contribution in [0.1, 0.15) is 58.3 Å². The molecule has 0 aromatic carbocycles. The van der Waals surface area contributed by atoms with Crippen LogP contribution in [0.15, 0.2) is 11.6 Å². The number of ketones is 1. The zero-order valence-electron chi connectivity index (χ0n) is 14.1. The highest BCUT2D eigenvalue weighted by Crippen LogP contribution is 2.59. The fraction of sp³-hybridized carbons (Fsp3) is 0.762. The molecule has 2 heteroatoms. The first-order valence-electron chi connectivity index (χ1n) is 9.52. The van der Waals surface area contributed by atoms with Crippen LogP contribution in [-0.4, -0.2) is 16.5 Å². The maximum atomic E-state index is 12.2. The van der Waals surface area contributed by atoms with Gasteiger partial charge in [-0.1, -0.05) is 18.4 Å². The summed E-state index contributed by atoms with van der Waals surface area (Å²) in [4.78, 5) is 12.2. The summed E-state index contributed by atoms with van der Waals surface area (Å²) < 4.78 is 0. The Labute approximate surface area is 139 Å². The molecular weight excluding hydrogens is 284 g/mol. The number of hydrogen-bond acceptors (Lipinski definition) is 2. The van der Waals surface area contributed by atoms with E-state index < -0.39 is 5.60 Å². The van der Waals surface area contributed by atoms with Gasteiger partial charge in [-0.15, -0.1) is 6.42 Å². The number of terminal acetylenes is 1. The average Bonchev–Trinajstić information content (AvgIpc) is 2.92. The third-order valence-electron chi connectivity index (χ3n) is 7.67. The maximum absolute atomic E-state index is 12.2. The molecule has 0 aromatic heterocycles. The van der Waals surface area contributed by atoms with E-state index in [1.807, 2.05) is 6.08 Å². The Bertz CT molecular complexity index is 583. The van der Waals surface area contributed by atoms with Crippen LogP contribution in [0, 0.1) is 47.9 Å². The highest BCUT2D eigenvalue weighted by molar-refractivity contribution is 5.93. The van der Waals surface area contributed by atoms with Crippen molar-refractivity contribution < 1.29 is 9.90 Å². The molecule has 3 fully saturated rings. The summed E-state index contributed by atoms with van der Waals surface area (Å²) in [6, 6.07) is 0. The van der Waals surface area contributed by atoms with E-state index in [0.717, 1.165) is 44.4 Å². The van der Waals surface area contributed by atoms with Gasteiger partial charge in [-0.3, -0.25) is 4.79 Å². The molecule has 0 amide bonds. The van der Waals surface area contributed by atoms with Gasteiger partial charge in [-0.05, 0) is 81.1 Å². The predicted molar refractivity (Wildman–Crippen MR) is 90.4 cm³/mol. The van der Waals surface area contributed by atoms with Crippen LogP contribution in [0.25, 0.3) is 0 Å². The number of aliphatic hydroxyl groups is 1. The van der Waals surface area contributed by atoms with Crippen molar-refractivity contribution in [3.05, 3.63) is 11.6 Å². The minimum Gasteiger partial charge on any atom is -0.377 e. The minimum atomic E-state index is -0.847. The minimum absolute atomic E-state index is 0.242. The van der Waals surface area contributed by atoms with Crippen molar-refractivity contribution in [1.82, 2.24) is 0 Å². The van der Waals surface area contributed by atoms with E-state index in [2.05, 4.69) is 12.8 Å². The normalized spacial score (nSPS) is 48.7. The molecule has 0 radical (unpaired) electrons. The Morgan fingerprint density at radius 1 is 1.26 bits per heavy atom. The Morgan fingerprint density at radius 2 is 2.09 bits per heavy atom. The van der Waals surface area contributed by atoms with E-state index in [4.69, 9.17) is 6.42 Å². The first-order valence-corrected chi connectivity index (χ1v) is 9.52. The monoisotopic (exact) mass is 312 g/mol. The molecule has 0 spiro atoms. The van der Waals surface area contributed by atoms with E-state index >= 15 is 0 Å². The summed E-state index contributed by atoms with van der Waals surface area (Å²) in [6.45, 7) is 2.14. The van der Waals surface area contributed by atoms with Crippen LogP contribution in [-0.2, 0) is 4.79 Å². The lowest BCUT2D eigenvalue weighted by Gasteiger charge is -2.50. The second kappa shape index (κ2) is 5.49. The van der Waals surface area contributed by atoms with Gasteiger partial charge in [0, 0.05) is 11.8 Å². The lowest BCUT2D eigenvalue weighted by Crippen LogP contribution is -2.46. The molecule has 1 N–H and O–H groups in total. The Kier molecular flexibility index (Phi) is 3.69. The number of hydrogen-bond donors (Lipinski definition) is 1. The summed E-state index contributed by atoms with van der Waals surface area (Å²) in [6.07, 6.45) is 16.1. The fourth-order valence-corrected chi connectivity index (χ4v) is 6.49. The molecule has 7 atom stereocenters. The molecular formula is C21H28O2. The molecule has 4 aliphatic rings. The third kappa shape index (κ3) is 2.23. The molecule has 3 saturated carbocycles. The molecule has 4 aliphatic carbocycles. The van der Waals surface area contributed by atoms with Crippen LogP contribution in [0.2, 0.25) is 0 Å². The SMILES string of the molecule is C#C[C@]1(O)CC[C@H]2[C@@H]3CCC4=CC(=O)C(CC)C[C@@H]4[C@H]3CC[C@@H]21. The summed E-state index contributed by atoms with van der Waals surface area (Å²) in [5.41, 5.74) is 0.588. The van der Waals surface area contributed by atoms with Crippen molar-refractivity contribution in [2.45, 2.75) is 63.9 Å². The second-order valence-corrected chi connectivity index (χ2v) is 8.39. The molecule has 0 aliphatic heterocycles. The van der Waals surface area contributed by atoms with Gasteiger partial charge in [0.1, 0.15) is 5.60 Å². The zero-order chi connectivity index (χ0) is 16.2. The van der Waals surface area contributed by atoms with Crippen molar-refractivity contribution in [1.29, 1.82) is 0 Å². The van der Waals surface area contributed by atoms with Crippen LogP contribution >= 0.6 is 0 Å². The quantitative estimate of drug-likeness (QED) is 0.749. The summed E-state index contributed by atoms with van der Waals surface area (Å²) in [5.74, 6) is 6.30. The largest absolute Gasteiger partial charge is 0.377 e. The third-order valence-corrected chi connectivity index (χ3v) is 7.67. The number of carbonyl (C=O) groups is 1. The van der Waals surface area contributed by atoms with Crippen molar-refractivity contribution in [3.8, 4) is 12.3 Å². The van der Waals surface area contributed by atoms with Crippen LogP contribution < -0.4 is 0 Å². The van der Waals surface area contributed by atoms with Gasteiger partial charge < -0.3 is 5.11 Å².